The van der Waals surface area contributed by atoms with Crippen molar-refractivity contribution in [3.8, 4) is 5.82 Å². The van der Waals surface area contributed by atoms with Gasteiger partial charge in [-0.15, -0.1) is 0 Å². The molecule has 7 heteroatoms. The van der Waals surface area contributed by atoms with Crippen LogP contribution in [0.15, 0.2) is 22.9 Å². The van der Waals surface area contributed by atoms with E-state index in [2.05, 4.69) is 26.0 Å². The lowest BCUT2D eigenvalue weighted by Crippen LogP contribution is -2.05. The predicted molar refractivity (Wildman–Crippen MR) is 48.9 cm³/mol. The molecule has 2 aromatic heterocycles. The van der Waals surface area contributed by atoms with Crippen LogP contribution in [-0.2, 0) is 0 Å². The summed E-state index contributed by atoms with van der Waals surface area (Å²) in [6, 6.07) is 0.424. The minimum atomic E-state index is -1.36. The second-order valence-corrected chi connectivity index (χ2v) is 3.59. The van der Waals surface area contributed by atoms with Gasteiger partial charge in [0.15, 0.2) is 17.5 Å². The number of hydrogen-bond acceptors (Lipinski definition) is 2. The molecule has 0 bridgehead atoms. The lowest BCUT2D eigenvalue weighted by molar-refractivity contribution is 0.458. The van der Waals surface area contributed by atoms with Crippen LogP contribution >= 0.6 is 15.9 Å². The molecule has 2 heterocycles. The SMILES string of the molecule is Fc1cc(F)c(-n2cc(Br)cn2)nc1F. The van der Waals surface area contributed by atoms with Gasteiger partial charge in [-0.1, -0.05) is 0 Å². The highest BCUT2D eigenvalue weighted by molar-refractivity contribution is 9.10. The Morgan fingerprint density at radius 1 is 1.20 bits per heavy atom. The summed E-state index contributed by atoms with van der Waals surface area (Å²) in [6.45, 7) is 0. The van der Waals surface area contributed by atoms with E-state index in [0.29, 0.717) is 10.5 Å². The first-order valence-electron chi connectivity index (χ1n) is 3.80. The molecule has 0 fully saturated rings. The minimum absolute atomic E-state index is 0.389. The number of aromatic nitrogens is 3. The van der Waals surface area contributed by atoms with Gasteiger partial charge in [-0.3, -0.25) is 0 Å². The van der Waals surface area contributed by atoms with Crippen molar-refractivity contribution in [2.75, 3.05) is 0 Å². The van der Waals surface area contributed by atoms with Gasteiger partial charge in [0, 0.05) is 12.3 Å². The summed E-state index contributed by atoms with van der Waals surface area (Å²) < 4.78 is 40.1. The van der Waals surface area contributed by atoms with Crippen LogP contribution < -0.4 is 0 Å². The molecule has 0 aliphatic carbocycles. The standard InChI is InChI=1S/C8H3BrF3N3/c9-4-2-13-15(3-4)8-6(11)1-5(10)7(12)14-8/h1-3H. The molecule has 0 N–H and O–H groups in total. The maximum absolute atomic E-state index is 13.2. The Bertz CT molecular complexity index is 512. The summed E-state index contributed by atoms with van der Waals surface area (Å²) in [5.74, 6) is -4.07. The Kier molecular flexibility index (Phi) is 2.47. The van der Waals surface area contributed by atoms with Crippen molar-refractivity contribution in [3.63, 3.8) is 0 Å². The maximum atomic E-state index is 13.2. The highest BCUT2D eigenvalue weighted by atomic mass is 79.9. The van der Waals surface area contributed by atoms with Gasteiger partial charge >= 0.3 is 0 Å². The fourth-order valence-electron chi connectivity index (χ4n) is 1.01. The van der Waals surface area contributed by atoms with E-state index in [9.17, 15) is 13.2 Å². The molecule has 0 radical (unpaired) electrons. The second kappa shape index (κ2) is 3.65. The van der Waals surface area contributed by atoms with E-state index in [4.69, 9.17) is 0 Å². The maximum Gasteiger partial charge on any atom is 0.251 e. The molecular weight excluding hydrogens is 275 g/mol. The third kappa shape index (κ3) is 1.87. The van der Waals surface area contributed by atoms with Gasteiger partial charge in [0.25, 0.3) is 5.95 Å². The molecule has 0 atom stereocenters. The summed E-state index contributed by atoms with van der Waals surface area (Å²) in [5, 5.41) is 3.70. The van der Waals surface area contributed by atoms with Gasteiger partial charge in [-0.25, -0.2) is 13.5 Å². The minimum Gasteiger partial charge on any atom is -0.219 e. The van der Waals surface area contributed by atoms with Crippen molar-refractivity contribution in [1.29, 1.82) is 0 Å². The molecule has 78 valence electrons. The topological polar surface area (TPSA) is 30.7 Å². The highest BCUT2D eigenvalue weighted by Crippen LogP contribution is 2.15. The lowest BCUT2D eigenvalue weighted by atomic mass is 10.4. The molecule has 0 unspecified atom stereocenters. The molecule has 0 amide bonds. The summed E-state index contributed by atoms with van der Waals surface area (Å²) >= 11 is 3.09. The lowest BCUT2D eigenvalue weighted by Gasteiger charge is -2.01. The van der Waals surface area contributed by atoms with E-state index in [-0.39, 0.29) is 5.82 Å². The molecule has 15 heavy (non-hydrogen) atoms. The van der Waals surface area contributed by atoms with Gasteiger partial charge in [0.1, 0.15) is 0 Å². The van der Waals surface area contributed by atoms with Crippen LogP contribution in [0.2, 0.25) is 0 Å². The van der Waals surface area contributed by atoms with Crippen molar-refractivity contribution in [1.82, 2.24) is 14.8 Å². The van der Waals surface area contributed by atoms with Crippen LogP contribution in [0, 0.1) is 17.6 Å². The summed E-state index contributed by atoms with van der Waals surface area (Å²) in [6.07, 6.45) is 2.76. The van der Waals surface area contributed by atoms with Crippen LogP contribution in [0.5, 0.6) is 0 Å². The van der Waals surface area contributed by atoms with Crippen molar-refractivity contribution in [2.24, 2.45) is 0 Å². The number of nitrogens with zero attached hydrogens (tertiary/aromatic N) is 3. The van der Waals surface area contributed by atoms with Gasteiger partial charge < -0.3 is 0 Å². The average Bonchev–Trinajstić information content (AvgIpc) is 2.58. The Morgan fingerprint density at radius 2 is 1.93 bits per heavy atom. The first-order valence-corrected chi connectivity index (χ1v) is 4.59. The van der Waals surface area contributed by atoms with E-state index in [1.54, 1.807) is 0 Å². The molecule has 0 saturated heterocycles. The van der Waals surface area contributed by atoms with E-state index in [1.165, 1.54) is 12.4 Å². The van der Waals surface area contributed by atoms with Crippen molar-refractivity contribution in [2.45, 2.75) is 0 Å². The molecule has 0 spiro atoms. The zero-order valence-electron chi connectivity index (χ0n) is 7.09. The monoisotopic (exact) mass is 277 g/mol. The highest BCUT2D eigenvalue weighted by Gasteiger charge is 2.13. The van der Waals surface area contributed by atoms with Crippen LogP contribution in [0.4, 0.5) is 13.2 Å². The zero-order valence-corrected chi connectivity index (χ0v) is 8.67. The Morgan fingerprint density at radius 3 is 2.53 bits per heavy atom. The Hall–Kier alpha value is -1.37. The summed E-state index contributed by atoms with van der Waals surface area (Å²) in [4.78, 5) is 3.12. The zero-order chi connectivity index (χ0) is 11.0. The van der Waals surface area contributed by atoms with Gasteiger partial charge in [-0.2, -0.15) is 14.5 Å². The molecule has 0 aliphatic heterocycles. The molecule has 3 nitrogen and oxygen atoms in total. The number of rotatable bonds is 1. The van der Waals surface area contributed by atoms with Gasteiger partial charge in [-0.05, 0) is 15.9 Å². The van der Waals surface area contributed by atoms with E-state index < -0.39 is 17.6 Å². The second-order valence-electron chi connectivity index (χ2n) is 2.67. The quantitative estimate of drug-likeness (QED) is 0.750. The third-order valence-electron chi connectivity index (χ3n) is 1.64. The smallest absolute Gasteiger partial charge is 0.219 e. The first-order chi connectivity index (χ1) is 7.08. The number of hydrogen-bond donors (Lipinski definition) is 0. The largest absolute Gasteiger partial charge is 0.251 e. The van der Waals surface area contributed by atoms with Crippen LogP contribution in [0.3, 0.4) is 0 Å². The molecule has 2 rings (SSSR count). The van der Waals surface area contributed by atoms with Crippen molar-refractivity contribution < 1.29 is 13.2 Å². The van der Waals surface area contributed by atoms with E-state index in [0.717, 1.165) is 4.68 Å². The number of halogens is 4. The Labute approximate surface area is 90.7 Å². The van der Waals surface area contributed by atoms with Crippen LogP contribution in [-0.4, -0.2) is 14.8 Å². The van der Waals surface area contributed by atoms with E-state index in [1.807, 2.05) is 0 Å². The van der Waals surface area contributed by atoms with Crippen LogP contribution in [0.25, 0.3) is 5.82 Å². The predicted octanol–water partition coefficient (Wildman–Crippen LogP) is 2.45. The van der Waals surface area contributed by atoms with Crippen LogP contribution in [0.1, 0.15) is 0 Å². The van der Waals surface area contributed by atoms with Crippen molar-refractivity contribution in [3.05, 3.63) is 40.5 Å². The van der Waals surface area contributed by atoms with Gasteiger partial charge in [0.05, 0.1) is 10.7 Å². The molecular formula is C8H3BrF3N3. The summed E-state index contributed by atoms with van der Waals surface area (Å²) in [7, 11) is 0. The normalized spacial score (nSPS) is 10.7. The van der Waals surface area contributed by atoms with Crippen molar-refractivity contribution >= 4 is 15.9 Å². The molecule has 0 saturated carbocycles. The fourth-order valence-corrected chi connectivity index (χ4v) is 1.30. The van der Waals surface area contributed by atoms with E-state index >= 15 is 0 Å². The first kappa shape index (κ1) is 10.2. The number of pyridine rings is 1. The molecule has 0 aromatic carbocycles. The Balaban J connectivity index is 2.58. The van der Waals surface area contributed by atoms with Gasteiger partial charge in [0.2, 0.25) is 0 Å². The average molecular weight is 278 g/mol. The fraction of sp³-hybridized carbons (Fsp3) is 0. The molecule has 0 aliphatic rings. The molecule has 2 aromatic rings. The summed E-state index contributed by atoms with van der Waals surface area (Å²) in [5.41, 5.74) is 0. The third-order valence-corrected chi connectivity index (χ3v) is 2.05.